The zero-order valence-corrected chi connectivity index (χ0v) is 20.2. The highest BCUT2D eigenvalue weighted by Gasteiger charge is 2.58. The van der Waals surface area contributed by atoms with Gasteiger partial charge in [0, 0.05) is 25.3 Å². The van der Waals surface area contributed by atoms with Gasteiger partial charge in [0.25, 0.3) is 0 Å². The van der Waals surface area contributed by atoms with Crippen molar-refractivity contribution < 1.29 is 17.6 Å². The Morgan fingerprint density at radius 3 is 2.74 bits per heavy atom. The molecule has 3 fully saturated rings. The van der Waals surface area contributed by atoms with Crippen LogP contribution in [0.3, 0.4) is 0 Å². The molecule has 1 unspecified atom stereocenters. The predicted molar refractivity (Wildman–Crippen MR) is 123 cm³/mol. The molecule has 1 spiro atoms. The fraction of sp³-hybridized carbons (Fsp3) is 0.667. The number of nitrogens with zero attached hydrogens (tertiary/aromatic N) is 4. The fourth-order valence-corrected chi connectivity index (χ4v) is 6.58. The van der Waals surface area contributed by atoms with Crippen LogP contribution in [0.5, 0.6) is 0 Å². The zero-order valence-electron chi connectivity index (χ0n) is 19.4. The third-order valence-electron chi connectivity index (χ3n) is 7.78. The molecule has 5 nitrogen and oxygen atoms in total. The molecule has 1 aromatic carbocycles. The topological polar surface area (TPSA) is 46.0 Å². The van der Waals surface area contributed by atoms with E-state index in [2.05, 4.69) is 32.0 Å². The second kappa shape index (κ2) is 9.43. The summed E-state index contributed by atoms with van der Waals surface area (Å²) in [7, 11) is 2.05. The standard InChI is InChI=1S/C24H31F4N5S/c1-32-21(16-5-8-29-9-6-16)30-31-22(32)34-12-2-10-33-11-7-23(15-33)14-19(23)18-4-3-17(13-20(18)25)24(26,27)28/h3-4,13,16,19,29H,2,5-12,14-15H2,1H3/t19?,23-/m1/s1. The second-order valence-electron chi connectivity index (χ2n) is 10.0. The Morgan fingerprint density at radius 2 is 2.00 bits per heavy atom. The van der Waals surface area contributed by atoms with E-state index < -0.39 is 17.6 Å². The quantitative estimate of drug-likeness (QED) is 0.338. The average Bonchev–Trinajstić information content (AvgIpc) is 3.14. The Morgan fingerprint density at radius 1 is 1.21 bits per heavy atom. The smallest absolute Gasteiger partial charge is 0.317 e. The van der Waals surface area contributed by atoms with E-state index in [9.17, 15) is 17.6 Å². The molecule has 3 aliphatic rings. The van der Waals surface area contributed by atoms with E-state index in [4.69, 9.17) is 0 Å². The van der Waals surface area contributed by atoms with Crippen LogP contribution in [0.4, 0.5) is 17.6 Å². The van der Waals surface area contributed by atoms with E-state index in [1.54, 1.807) is 11.8 Å². The lowest BCUT2D eigenvalue weighted by Crippen LogP contribution is -2.27. The summed E-state index contributed by atoms with van der Waals surface area (Å²) in [4.78, 5) is 2.42. The number of nitrogens with one attached hydrogen (secondary N) is 1. The molecule has 2 aromatic rings. The lowest BCUT2D eigenvalue weighted by atomic mass is 9.97. The first-order chi connectivity index (χ1) is 16.3. The predicted octanol–water partition coefficient (Wildman–Crippen LogP) is 4.80. The molecule has 1 aromatic heterocycles. The summed E-state index contributed by atoms with van der Waals surface area (Å²) in [5.41, 5.74) is -0.446. The van der Waals surface area contributed by atoms with Gasteiger partial charge in [-0.15, -0.1) is 10.2 Å². The van der Waals surface area contributed by atoms with Crippen LogP contribution in [0.1, 0.15) is 60.9 Å². The lowest BCUT2D eigenvalue weighted by molar-refractivity contribution is -0.137. The van der Waals surface area contributed by atoms with Crippen molar-refractivity contribution in [1.29, 1.82) is 0 Å². The zero-order chi connectivity index (χ0) is 23.9. The van der Waals surface area contributed by atoms with Crippen molar-refractivity contribution in [3.8, 4) is 0 Å². The molecule has 0 amide bonds. The maximum atomic E-state index is 14.4. The summed E-state index contributed by atoms with van der Waals surface area (Å²) in [5, 5.41) is 13.2. The number of hydrogen-bond donors (Lipinski definition) is 1. The normalized spacial score (nSPS) is 26.0. The summed E-state index contributed by atoms with van der Waals surface area (Å²) in [6.07, 6.45) is 0.556. The summed E-state index contributed by atoms with van der Waals surface area (Å²) < 4.78 is 55.1. The van der Waals surface area contributed by atoms with Crippen molar-refractivity contribution in [3.05, 3.63) is 41.0 Å². The lowest BCUT2D eigenvalue weighted by Gasteiger charge is -2.21. The van der Waals surface area contributed by atoms with Crippen LogP contribution in [0, 0.1) is 11.2 Å². The maximum absolute atomic E-state index is 14.4. The van der Waals surface area contributed by atoms with Crippen LogP contribution in [-0.4, -0.2) is 58.1 Å². The molecule has 1 saturated carbocycles. The first-order valence-electron chi connectivity index (χ1n) is 12.1. The molecular formula is C24H31F4N5S. The van der Waals surface area contributed by atoms with Gasteiger partial charge in [-0.05, 0) is 87.3 Å². The molecule has 1 aliphatic carbocycles. The van der Waals surface area contributed by atoms with Gasteiger partial charge in [0.2, 0.25) is 0 Å². The second-order valence-corrected chi connectivity index (χ2v) is 11.1. The van der Waals surface area contributed by atoms with Gasteiger partial charge in [-0.3, -0.25) is 0 Å². The minimum Gasteiger partial charge on any atom is -0.317 e. The Kier molecular flexibility index (Phi) is 6.67. The van der Waals surface area contributed by atoms with E-state index >= 15 is 0 Å². The molecule has 5 rings (SSSR count). The van der Waals surface area contributed by atoms with Gasteiger partial charge in [-0.25, -0.2) is 4.39 Å². The van der Waals surface area contributed by atoms with Crippen molar-refractivity contribution in [2.24, 2.45) is 12.5 Å². The summed E-state index contributed by atoms with van der Waals surface area (Å²) in [5.74, 6) is 1.83. The van der Waals surface area contributed by atoms with Crippen LogP contribution in [0.15, 0.2) is 23.4 Å². The molecule has 34 heavy (non-hydrogen) atoms. The van der Waals surface area contributed by atoms with Gasteiger partial charge in [-0.2, -0.15) is 13.2 Å². The maximum Gasteiger partial charge on any atom is 0.416 e. The molecule has 0 bridgehead atoms. The molecule has 10 heteroatoms. The van der Waals surface area contributed by atoms with Crippen molar-refractivity contribution in [3.63, 3.8) is 0 Å². The van der Waals surface area contributed by atoms with Crippen molar-refractivity contribution >= 4 is 11.8 Å². The number of aromatic nitrogens is 3. The Bertz CT molecular complexity index is 1020. The molecule has 186 valence electrons. The van der Waals surface area contributed by atoms with Crippen LogP contribution in [0.2, 0.25) is 0 Å². The van der Waals surface area contributed by atoms with Gasteiger partial charge >= 0.3 is 6.18 Å². The van der Waals surface area contributed by atoms with Gasteiger partial charge in [-0.1, -0.05) is 17.8 Å². The number of hydrogen-bond acceptors (Lipinski definition) is 5. The van der Waals surface area contributed by atoms with Crippen LogP contribution in [-0.2, 0) is 13.2 Å². The summed E-state index contributed by atoms with van der Waals surface area (Å²) >= 11 is 1.74. The Hall–Kier alpha value is -1.65. The number of thioether (sulfide) groups is 1. The third-order valence-corrected chi connectivity index (χ3v) is 8.89. The van der Waals surface area contributed by atoms with E-state index in [1.807, 2.05) is 0 Å². The van der Waals surface area contributed by atoms with Crippen LogP contribution >= 0.6 is 11.8 Å². The number of benzene rings is 1. The fourth-order valence-electron chi connectivity index (χ4n) is 5.74. The highest BCUT2D eigenvalue weighted by Crippen LogP contribution is 2.64. The number of piperidine rings is 1. The highest BCUT2D eigenvalue weighted by molar-refractivity contribution is 7.99. The molecule has 2 saturated heterocycles. The molecule has 0 radical (unpaired) electrons. The Balaban J connectivity index is 1.09. The summed E-state index contributed by atoms with van der Waals surface area (Å²) in [6.45, 7) is 4.89. The number of alkyl halides is 3. The SMILES string of the molecule is Cn1c(SCCCN2CC[C@@]3(CC3c3ccc(C(F)(F)F)cc3F)C2)nnc1C1CCNCC1. The van der Waals surface area contributed by atoms with E-state index in [1.165, 1.54) is 6.07 Å². The number of rotatable bonds is 7. The number of likely N-dealkylation sites (tertiary alicyclic amines) is 1. The van der Waals surface area contributed by atoms with Crippen molar-refractivity contribution in [2.75, 3.05) is 38.5 Å². The highest BCUT2D eigenvalue weighted by atomic mass is 32.2. The van der Waals surface area contributed by atoms with Gasteiger partial charge in [0.1, 0.15) is 11.6 Å². The minimum absolute atomic E-state index is 0.0288. The average molecular weight is 498 g/mol. The van der Waals surface area contributed by atoms with Gasteiger partial charge in [0.15, 0.2) is 5.16 Å². The van der Waals surface area contributed by atoms with Gasteiger partial charge in [0.05, 0.1) is 5.56 Å². The Labute approximate surface area is 201 Å². The molecular weight excluding hydrogens is 466 g/mol. The molecule has 3 heterocycles. The molecule has 1 N–H and O–H groups in total. The largest absolute Gasteiger partial charge is 0.416 e. The first-order valence-corrected chi connectivity index (χ1v) is 13.1. The summed E-state index contributed by atoms with van der Waals surface area (Å²) in [6, 6.07) is 3.00. The van der Waals surface area contributed by atoms with Crippen LogP contribution < -0.4 is 5.32 Å². The monoisotopic (exact) mass is 497 g/mol. The number of halogens is 4. The first kappa shape index (κ1) is 24.1. The van der Waals surface area contributed by atoms with Crippen LogP contribution in [0.25, 0.3) is 0 Å². The minimum atomic E-state index is -4.51. The van der Waals surface area contributed by atoms with Gasteiger partial charge < -0.3 is 14.8 Å². The third kappa shape index (κ3) is 4.86. The molecule has 2 aliphatic heterocycles. The molecule has 2 atom stereocenters. The van der Waals surface area contributed by atoms with E-state index in [-0.39, 0.29) is 11.3 Å². The van der Waals surface area contributed by atoms with E-state index in [0.717, 1.165) is 87.6 Å². The van der Waals surface area contributed by atoms with Crippen molar-refractivity contribution in [1.82, 2.24) is 25.0 Å². The van der Waals surface area contributed by atoms with E-state index in [0.29, 0.717) is 17.5 Å². The van der Waals surface area contributed by atoms with Crippen molar-refractivity contribution in [2.45, 2.75) is 55.3 Å².